The van der Waals surface area contributed by atoms with Crippen molar-refractivity contribution in [2.24, 2.45) is 16.6 Å². The number of aliphatic hydroxyl groups excluding tert-OH is 1. The second-order valence-electron chi connectivity index (χ2n) is 6.96. The van der Waals surface area contributed by atoms with E-state index in [0.29, 0.717) is 17.3 Å². The lowest BCUT2D eigenvalue weighted by Crippen LogP contribution is -2.54. The Hall–Kier alpha value is -2.11. The molecule has 1 fully saturated rings. The molecule has 0 spiro atoms. The van der Waals surface area contributed by atoms with Gasteiger partial charge in [-0.1, -0.05) is 13.0 Å². The highest BCUT2D eigenvalue weighted by Crippen LogP contribution is 2.23. The Labute approximate surface area is 163 Å². The summed E-state index contributed by atoms with van der Waals surface area (Å²) in [7, 11) is -4.56. The van der Waals surface area contributed by atoms with Crippen LogP contribution in [0.15, 0.2) is 17.3 Å². The van der Waals surface area contributed by atoms with E-state index < -0.39 is 50.7 Å². The number of carbonyl (C=O) groups is 3. The molecule has 10 nitrogen and oxygen atoms in total. The summed E-state index contributed by atoms with van der Waals surface area (Å²) in [6.45, 7) is 2.22. The van der Waals surface area contributed by atoms with Crippen LogP contribution in [0.3, 0.4) is 0 Å². The average Bonchev–Trinajstić information content (AvgIpc) is 2.84. The van der Waals surface area contributed by atoms with Crippen LogP contribution >= 0.6 is 0 Å². The molecule has 0 aromatic heterocycles. The average molecular weight is 414 g/mol. The van der Waals surface area contributed by atoms with E-state index in [4.69, 9.17) is 5.73 Å². The molecule has 28 heavy (non-hydrogen) atoms. The summed E-state index contributed by atoms with van der Waals surface area (Å²) in [6.07, 6.45) is 1.93. The van der Waals surface area contributed by atoms with Crippen molar-refractivity contribution in [2.45, 2.75) is 51.2 Å². The van der Waals surface area contributed by atoms with Gasteiger partial charge in [0.05, 0.1) is 12.1 Å². The van der Waals surface area contributed by atoms with Crippen molar-refractivity contribution in [3.63, 3.8) is 0 Å². The molecule has 0 aliphatic carbocycles. The number of rotatable bonds is 5. The van der Waals surface area contributed by atoms with Gasteiger partial charge in [-0.25, -0.2) is 9.30 Å². The van der Waals surface area contributed by atoms with Crippen molar-refractivity contribution in [3.05, 3.63) is 12.3 Å². The number of sulfonamides is 1. The van der Waals surface area contributed by atoms with Crippen molar-refractivity contribution >= 4 is 32.7 Å². The molecule has 2 aliphatic heterocycles. The van der Waals surface area contributed by atoms with Crippen LogP contribution in [-0.4, -0.2) is 65.7 Å². The number of Topliss-reactive ketones (excluding diaryl/α,β-unsaturated/α-hetero) is 1. The van der Waals surface area contributed by atoms with Crippen molar-refractivity contribution in [1.82, 2.24) is 9.62 Å². The summed E-state index contributed by atoms with van der Waals surface area (Å²) < 4.78 is 26.9. The van der Waals surface area contributed by atoms with Gasteiger partial charge in [0.1, 0.15) is 0 Å². The van der Waals surface area contributed by atoms with Crippen molar-refractivity contribution in [1.29, 1.82) is 0 Å². The minimum atomic E-state index is -4.56. The number of aliphatic hydroxyl groups is 1. The molecule has 4 N–H and O–H groups in total. The van der Waals surface area contributed by atoms with Crippen LogP contribution in [0.2, 0.25) is 0 Å². The van der Waals surface area contributed by atoms with Gasteiger partial charge in [-0.2, -0.15) is 8.42 Å². The Morgan fingerprint density at radius 3 is 2.82 bits per heavy atom. The lowest BCUT2D eigenvalue weighted by Gasteiger charge is -2.33. The number of amides is 2. The van der Waals surface area contributed by atoms with Crippen LogP contribution in [0.1, 0.15) is 39.0 Å². The quantitative estimate of drug-likeness (QED) is 0.522. The largest absolute Gasteiger partial charge is 0.390 e. The molecule has 156 valence electrons. The first-order valence-electron chi connectivity index (χ1n) is 9.17. The van der Waals surface area contributed by atoms with Crippen LogP contribution in [0.25, 0.3) is 0 Å². The standard InChI is InChI=1S/C17H26N4O6S/c1-11(16(18)25)6-7-15(24)21(12-4-2-8-19-10-14(12)23)28(26,27)17-13(22)5-3-9-20-17/h3,9,11-12,14,19,23H,2,4-8,10H2,1H3,(H2,18,25)/t11?,12?,14-/m0/s1. The third-order valence-electron chi connectivity index (χ3n) is 4.82. The van der Waals surface area contributed by atoms with Crippen molar-refractivity contribution in [3.8, 4) is 0 Å². The maximum absolute atomic E-state index is 13.2. The van der Waals surface area contributed by atoms with Gasteiger partial charge in [0, 0.05) is 31.5 Å². The van der Waals surface area contributed by atoms with Gasteiger partial charge in [-0.3, -0.25) is 14.4 Å². The number of aliphatic imine (C=N–C) groups is 1. The first-order valence-corrected chi connectivity index (χ1v) is 10.6. The normalized spacial score (nSPS) is 24.2. The smallest absolute Gasteiger partial charge is 0.287 e. The van der Waals surface area contributed by atoms with E-state index in [0.717, 1.165) is 0 Å². The van der Waals surface area contributed by atoms with E-state index in [1.165, 1.54) is 12.3 Å². The number of ketones is 1. The molecular weight excluding hydrogens is 388 g/mol. The number of β-amino-alcohol motifs (C(OH)–C–C–N with tert-alkyl or cyclic N) is 1. The molecule has 2 aliphatic rings. The number of nitrogens with two attached hydrogens (primary N) is 1. The fourth-order valence-electron chi connectivity index (χ4n) is 3.12. The zero-order valence-corrected chi connectivity index (χ0v) is 16.5. The molecule has 2 unspecified atom stereocenters. The fourth-order valence-corrected chi connectivity index (χ4v) is 4.83. The van der Waals surface area contributed by atoms with Crippen molar-refractivity contribution in [2.75, 3.05) is 13.1 Å². The predicted molar refractivity (Wildman–Crippen MR) is 101 cm³/mol. The van der Waals surface area contributed by atoms with E-state index in [-0.39, 0.29) is 32.2 Å². The Morgan fingerprint density at radius 2 is 2.18 bits per heavy atom. The van der Waals surface area contributed by atoms with Gasteiger partial charge in [0.2, 0.25) is 16.9 Å². The second-order valence-corrected chi connectivity index (χ2v) is 8.69. The molecule has 2 rings (SSSR count). The maximum Gasteiger partial charge on any atom is 0.287 e. The molecule has 3 atom stereocenters. The lowest BCUT2D eigenvalue weighted by molar-refractivity contribution is -0.130. The highest BCUT2D eigenvalue weighted by atomic mass is 32.2. The molecule has 0 bridgehead atoms. The SMILES string of the molecule is CC(CCC(=O)N(C1CCCNC[C@@H]1O)S(=O)(=O)C1=NC=CCC1=O)C(N)=O. The first-order chi connectivity index (χ1) is 13.2. The number of hydrogen-bond acceptors (Lipinski definition) is 8. The lowest BCUT2D eigenvalue weighted by atomic mass is 10.0. The Morgan fingerprint density at radius 1 is 1.46 bits per heavy atom. The topological polar surface area (TPSA) is 159 Å². The second kappa shape index (κ2) is 9.39. The number of carbonyl (C=O) groups excluding carboxylic acids is 3. The molecule has 0 aromatic carbocycles. The van der Waals surface area contributed by atoms with Gasteiger partial charge in [0.15, 0.2) is 5.78 Å². The molecule has 2 amide bonds. The minimum Gasteiger partial charge on any atom is -0.390 e. The van der Waals surface area contributed by atoms with Gasteiger partial charge in [-0.15, -0.1) is 0 Å². The maximum atomic E-state index is 13.2. The van der Waals surface area contributed by atoms with Gasteiger partial charge in [0.25, 0.3) is 10.0 Å². The highest BCUT2D eigenvalue weighted by Gasteiger charge is 2.43. The van der Waals surface area contributed by atoms with Crippen LogP contribution in [-0.2, 0) is 24.4 Å². The van der Waals surface area contributed by atoms with E-state index in [9.17, 15) is 27.9 Å². The van der Waals surface area contributed by atoms with Crippen LogP contribution < -0.4 is 11.1 Å². The van der Waals surface area contributed by atoms with Crippen molar-refractivity contribution < 1.29 is 27.9 Å². The number of nitrogens with one attached hydrogen (secondary N) is 1. The molecule has 11 heteroatoms. The molecule has 0 radical (unpaired) electrons. The zero-order chi connectivity index (χ0) is 20.9. The monoisotopic (exact) mass is 414 g/mol. The number of primary amides is 1. The predicted octanol–water partition coefficient (Wildman–Crippen LogP) is -0.956. The van der Waals surface area contributed by atoms with Crippen LogP contribution in [0.4, 0.5) is 0 Å². The molecular formula is C17H26N4O6S. The fraction of sp³-hybridized carbons (Fsp3) is 0.647. The summed E-state index contributed by atoms with van der Waals surface area (Å²) in [4.78, 5) is 39.9. The first kappa shape index (κ1) is 22.2. The Kier molecular flexibility index (Phi) is 7.44. The Balaban J connectivity index is 2.39. The van der Waals surface area contributed by atoms with Gasteiger partial charge in [-0.05, 0) is 25.8 Å². The summed E-state index contributed by atoms with van der Waals surface area (Å²) in [5.74, 6) is -2.74. The number of hydrogen-bond donors (Lipinski definition) is 3. The van der Waals surface area contributed by atoms with Gasteiger partial charge < -0.3 is 16.2 Å². The summed E-state index contributed by atoms with van der Waals surface area (Å²) in [5.41, 5.74) is 5.20. The van der Waals surface area contributed by atoms with E-state index in [1.807, 2.05) is 0 Å². The highest BCUT2D eigenvalue weighted by molar-refractivity contribution is 8.06. The molecule has 1 saturated heterocycles. The van der Waals surface area contributed by atoms with Crippen LogP contribution in [0, 0.1) is 5.92 Å². The Bertz CT molecular complexity index is 791. The zero-order valence-electron chi connectivity index (χ0n) is 15.7. The van der Waals surface area contributed by atoms with Gasteiger partial charge >= 0.3 is 0 Å². The third kappa shape index (κ3) is 5.03. The number of allylic oxidation sites excluding steroid dienone is 1. The summed E-state index contributed by atoms with van der Waals surface area (Å²) in [5, 5.41) is 12.7. The van der Waals surface area contributed by atoms with E-state index in [1.54, 1.807) is 6.92 Å². The molecule has 2 heterocycles. The summed E-state index contributed by atoms with van der Waals surface area (Å²) in [6, 6.07) is -1.03. The summed E-state index contributed by atoms with van der Waals surface area (Å²) >= 11 is 0. The molecule has 0 saturated carbocycles. The molecule has 0 aromatic rings. The van der Waals surface area contributed by atoms with E-state index in [2.05, 4.69) is 10.3 Å². The van der Waals surface area contributed by atoms with E-state index >= 15 is 0 Å². The minimum absolute atomic E-state index is 0.0571. The van der Waals surface area contributed by atoms with Crippen LogP contribution in [0.5, 0.6) is 0 Å². The number of nitrogens with zero attached hydrogens (tertiary/aromatic N) is 2. The third-order valence-corrected chi connectivity index (χ3v) is 6.63.